The minimum absolute atomic E-state index is 0.0205. The van der Waals surface area contributed by atoms with Gasteiger partial charge in [0.25, 0.3) is 0 Å². The molecule has 4 aliphatic carbocycles. The molecule has 2 aromatic rings. The molecule has 8 heteroatoms. The first-order valence-electron chi connectivity index (χ1n) is 16.0. The maximum Gasteiger partial charge on any atom is 0.322 e. The Labute approximate surface area is 249 Å². The van der Waals surface area contributed by atoms with Crippen LogP contribution in [0.25, 0.3) is 0 Å². The molecule has 5 fully saturated rings. The highest BCUT2D eigenvalue weighted by atomic mass is 16.5. The van der Waals surface area contributed by atoms with Gasteiger partial charge in [-0.15, -0.1) is 0 Å². The molecule has 4 saturated carbocycles. The highest BCUT2D eigenvalue weighted by Crippen LogP contribution is 2.60. The van der Waals surface area contributed by atoms with Crippen LogP contribution in [0.1, 0.15) is 58.8 Å². The summed E-state index contributed by atoms with van der Waals surface area (Å²) in [5.74, 6) is 1.13. The van der Waals surface area contributed by atoms with Crippen molar-refractivity contribution in [2.45, 2.75) is 77.0 Å². The zero-order chi connectivity index (χ0) is 29.0. The molecule has 1 saturated heterocycles. The van der Waals surface area contributed by atoms with Crippen LogP contribution in [0.3, 0.4) is 0 Å². The number of amides is 3. The minimum atomic E-state index is -0.343. The predicted molar refractivity (Wildman–Crippen MR) is 166 cm³/mol. The molecule has 8 rings (SSSR count). The third-order valence-electron chi connectivity index (χ3n) is 10.8. The molecular weight excluding hydrogens is 526 g/mol. The minimum Gasteiger partial charge on any atom is -0.375 e. The smallest absolute Gasteiger partial charge is 0.322 e. The Kier molecular flexibility index (Phi) is 7.08. The van der Waals surface area contributed by atoms with Crippen molar-refractivity contribution in [1.82, 2.24) is 5.32 Å². The van der Waals surface area contributed by atoms with Crippen LogP contribution in [0.4, 0.5) is 27.5 Å². The van der Waals surface area contributed by atoms with E-state index in [1.165, 1.54) is 5.69 Å². The summed E-state index contributed by atoms with van der Waals surface area (Å²) in [5, 5.41) is 3.44. The Hall–Kier alpha value is -3.26. The second-order valence-corrected chi connectivity index (χ2v) is 13.8. The molecule has 2 atom stereocenters. The van der Waals surface area contributed by atoms with Crippen LogP contribution < -0.4 is 25.8 Å². The largest absolute Gasteiger partial charge is 0.375 e. The number of benzene rings is 2. The van der Waals surface area contributed by atoms with E-state index in [4.69, 9.17) is 10.5 Å². The van der Waals surface area contributed by atoms with Crippen LogP contribution >= 0.6 is 0 Å². The fourth-order valence-corrected chi connectivity index (χ4v) is 9.10. The summed E-state index contributed by atoms with van der Waals surface area (Å²) in [5.41, 5.74) is 9.93. The summed E-state index contributed by atoms with van der Waals surface area (Å²) in [6.07, 6.45) is 7.55. The van der Waals surface area contributed by atoms with Gasteiger partial charge in [-0.25, -0.2) is 4.79 Å². The van der Waals surface area contributed by atoms with E-state index in [0.29, 0.717) is 30.4 Å². The van der Waals surface area contributed by atoms with E-state index in [1.807, 2.05) is 17.0 Å². The average molecular weight is 572 g/mol. The van der Waals surface area contributed by atoms with Gasteiger partial charge < -0.3 is 25.6 Å². The highest BCUT2D eigenvalue weighted by molar-refractivity contribution is 5.98. The molecule has 4 bridgehead atoms. The number of para-hydroxylation sites is 2. The summed E-state index contributed by atoms with van der Waals surface area (Å²) in [6, 6.07) is 17.2. The molecule has 2 heterocycles. The number of ether oxygens (including phenoxy) is 1. The van der Waals surface area contributed by atoms with Gasteiger partial charge in [0.05, 0.1) is 23.6 Å². The van der Waals surface area contributed by atoms with Crippen LogP contribution in [0.2, 0.25) is 0 Å². The molecule has 2 unspecified atom stereocenters. The van der Waals surface area contributed by atoms with E-state index in [0.717, 1.165) is 81.6 Å². The fraction of sp³-hybridized carbons (Fsp3) is 0.588. The number of hydrogen-bond acceptors (Lipinski definition) is 5. The number of hydrogen-bond donors (Lipinski definition) is 2. The van der Waals surface area contributed by atoms with Gasteiger partial charge >= 0.3 is 6.03 Å². The van der Waals surface area contributed by atoms with Crippen molar-refractivity contribution in [1.29, 1.82) is 0 Å². The molecule has 6 aliphatic rings. The lowest BCUT2D eigenvalue weighted by Crippen LogP contribution is -2.63. The van der Waals surface area contributed by atoms with Gasteiger partial charge in [-0.1, -0.05) is 12.1 Å². The summed E-state index contributed by atoms with van der Waals surface area (Å²) < 4.78 is 6.03. The van der Waals surface area contributed by atoms with E-state index in [-0.39, 0.29) is 29.5 Å². The number of anilines is 4. The van der Waals surface area contributed by atoms with Crippen molar-refractivity contribution in [2.24, 2.45) is 28.9 Å². The maximum absolute atomic E-state index is 13.8. The lowest BCUT2D eigenvalue weighted by Gasteiger charge is -2.59. The predicted octanol–water partition coefficient (Wildman–Crippen LogP) is 5.43. The number of carbonyl (C=O) groups is 2. The van der Waals surface area contributed by atoms with E-state index in [1.54, 1.807) is 0 Å². The van der Waals surface area contributed by atoms with Crippen molar-refractivity contribution in [3.63, 3.8) is 0 Å². The second kappa shape index (κ2) is 10.8. The van der Waals surface area contributed by atoms with Crippen LogP contribution in [0, 0.1) is 23.2 Å². The zero-order valence-electron chi connectivity index (χ0n) is 25.0. The summed E-state index contributed by atoms with van der Waals surface area (Å²) >= 11 is 0. The normalized spacial score (nSPS) is 30.5. The van der Waals surface area contributed by atoms with Crippen LogP contribution in [0.15, 0.2) is 48.5 Å². The number of fused-ring (bicyclic) bond motifs is 1. The van der Waals surface area contributed by atoms with Crippen molar-refractivity contribution in [3.8, 4) is 0 Å². The zero-order valence-corrected chi connectivity index (χ0v) is 25.0. The molecule has 2 aromatic carbocycles. The first-order valence-corrected chi connectivity index (χ1v) is 16.0. The molecule has 8 nitrogen and oxygen atoms in total. The Morgan fingerprint density at radius 2 is 1.52 bits per heavy atom. The van der Waals surface area contributed by atoms with Crippen LogP contribution in [-0.4, -0.2) is 56.4 Å². The molecule has 3 N–H and O–H groups in total. The number of nitrogens with zero attached hydrogens (tertiary/aromatic N) is 3. The number of nitrogens with two attached hydrogens (primary N) is 1. The van der Waals surface area contributed by atoms with E-state index < -0.39 is 0 Å². The highest BCUT2D eigenvalue weighted by Gasteiger charge is 2.58. The first-order chi connectivity index (χ1) is 20.3. The standard InChI is InChI=1S/C34H45N5O3/c1-22(2)42-28-11-13-37(14-12-28)26-7-9-27(10-8-26)38-15-16-39(30-6-4-3-5-29(30)38)33(41)36-31-24-17-23-18-25(31)21-34(19-23,20-24)32(35)40/h3-10,22-25,28,31H,11-21H2,1-2H3,(H2,35,40)(H,36,41). The van der Waals surface area contributed by atoms with Crippen LogP contribution in [-0.2, 0) is 9.53 Å². The number of rotatable bonds is 6. The summed E-state index contributed by atoms with van der Waals surface area (Å²) in [6.45, 7) is 7.59. The lowest BCUT2D eigenvalue weighted by molar-refractivity contribution is -0.145. The topological polar surface area (TPSA) is 91.1 Å². The summed E-state index contributed by atoms with van der Waals surface area (Å²) in [4.78, 5) is 32.9. The number of primary amides is 1. The lowest BCUT2D eigenvalue weighted by atomic mass is 9.47. The maximum atomic E-state index is 13.8. The first kappa shape index (κ1) is 27.6. The third kappa shape index (κ3) is 4.91. The molecule has 3 amide bonds. The number of carbonyl (C=O) groups excluding carboxylic acids is 2. The van der Waals surface area contributed by atoms with E-state index >= 15 is 0 Å². The Morgan fingerprint density at radius 1 is 0.881 bits per heavy atom. The number of urea groups is 1. The molecule has 224 valence electrons. The third-order valence-corrected chi connectivity index (χ3v) is 10.8. The quantitative estimate of drug-likeness (QED) is 0.483. The van der Waals surface area contributed by atoms with Gasteiger partial charge in [-0.3, -0.25) is 9.69 Å². The van der Waals surface area contributed by atoms with Gasteiger partial charge in [-0.05, 0) is 113 Å². The van der Waals surface area contributed by atoms with Gasteiger partial charge in [0, 0.05) is 49.0 Å². The van der Waals surface area contributed by atoms with E-state index in [9.17, 15) is 9.59 Å². The molecule has 0 radical (unpaired) electrons. The molecular formula is C34H45N5O3. The Balaban J connectivity index is 1.03. The van der Waals surface area contributed by atoms with Gasteiger partial charge in [0.1, 0.15) is 0 Å². The van der Waals surface area contributed by atoms with Crippen molar-refractivity contribution < 1.29 is 14.3 Å². The number of piperidine rings is 1. The fourth-order valence-electron chi connectivity index (χ4n) is 9.10. The van der Waals surface area contributed by atoms with Crippen molar-refractivity contribution in [3.05, 3.63) is 48.5 Å². The number of nitrogens with one attached hydrogen (secondary N) is 1. The monoisotopic (exact) mass is 571 g/mol. The Bertz CT molecular complexity index is 1300. The molecule has 2 aliphatic heterocycles. The van der Waals surface area contributed by atoms with Gasteiger partial charge in [-0.2, -0.15) is 0 Å². The second-order valence-electron chi connectivity index (χ2n) is 13.8. The van der Waals surface area contributed by atoms with E-state index in [2.05, 4.69) is 65.4 Å². The molecule has 42 heavy (non-hydrogen) atoms. The van der Waals surface area contributed by atoms with Gasteiger partial charge in [0.15, 0.2) is 0 Å². The molecule has 0 aromatic heterocycles. The SMILES string of the molecule is CC(C)OC1CCN(c2ccc(N3CCN(C(=O)NC4C5CC6CC4CC(C(N)=O)(C6)C5)c4ccccc43)cc2)CC1. The molecule has 0 spiro atoms. The van der Waals surface area contributed by atoms with Crippen molar-refractivity contribution >= 4 is 34.7 Å². The Morgan fingerprint density at radius 3 is 2.17 bits per heavy atom. The van der Waals surface area contributed by atoms with Gasteiger partial charge in [0.2, 0.25) is 5.91 Å². The van der Waals surface area contributed by atoms with Crippen molar-refractivity contribution in [2.75, 3.05) is 40.9 Å². The summed E-state index contributed by atoms with van der Waals surface area (Å²) in [7, 11) is 0. The average Bonchev–Trinajstić information content (AvgIpc) is 2.98. The van der Waals surface area contributed by atoms with Crippen LogP contribution in [0.5, 0.6) is 0 Å².